The van der Waals surface area contributed by atoms with Gasteiger partial charge in [-0.15, -0.1) is 0 Å². The molecule has 0 N–H and O–H groups in total. The fourth-order valence-electron chi connectivity index (χ4n) is 0. The Labute approximate surface area is 95.3 Å². The molecular weight excluding hydrogens is 540 g/mol. The summed E-state index contributed by atoms with van der Waals surface area (Å²) in [5, 5.41) is 0. The average Bonchev–Trinajstić information content (AvgIpc) is 0.811. The molecule has 0 fully saturated rings. The summed E-state index contributed by atoms with van der Waals surface area (Å²) in [4.78, 5) is 0. The topological polar surface area (TPSA) is 0 Å². The third kappa shape index (κ3) is 25.4. The SMILES string of the molecule is [Br-].[Br][Au]([Br])[Br].[Na+]. The molecule has 0 aliphatic rings. The van der Waals surface area contributed by atoms with E-state index in [1.54, 1.807) is 0 Å². The van der Waals surface area contributed by atoms with E-state index in [4.69, 9.17) is 0 Å². The molecule has 0 aromatic heterocycles. The van der Waals surface area contributed by atoms with E-state index in [0.29, 0.717) is 0 Å². The third-order valence-corrected chi connectivity index (χ3v) is 0. The van der Waals surface area contributed by atoms with Crippen LogP contribution in [0.15, 0.2) is 0 Å². The Morgan fingerprint density at radius 2 is 1.00 bits per heavy atom. The van der Waals surface area contributed by atoms with Crippen molar-refractivity contribution in [2.24, 2.45) is 0 Å². The molecule has 0 atom stereocenters. The Morgan fingerprint density at radius 1 is 1.00 bits per heavy atom. The van der Waals surface area contributed by atoms with E-state index >= 15 is 0 Å². The Kier molecular flexibility index (Phi) is 31.2. The zero-order chi connectivity index (χ0) is 3.58. The van der Waals surface area contributed by atoms with Crippen LogP contribution < -0.4 is 46.5 Å². The molecule has 0 saturated carbocycles. The number of rotatable bonds is 0. The maximum Gasteiger partial charge on any atom is 1.00 e. The minimum atomic E-state index is -0.766. The summed E-state index contributed by atoms with van der Waals surface area (Å²) in [5.41, 5.74) is 0. The molecular formula is AuBr4Na. The summed E-state index contributed by atoms with van der Waals surface area (Å²) >= 11 is 8.99. The van der Waals surface area contributed by atoms with Crippen molar-refractivity contribution >= 4 is 39.1 Å². The molecule has 0 aliphatic carbocycles. The Balaban J connectivity index is -0.0000000450. The molecule has 0 bridgehead atoms. The van der Waals surface area contributed by atoms with Gasteiger partial charge in [0, 0.05) is 0 Å². The van der Waals surface area contributed by atoms with Gasteiger partial charge < -0.3 is 17.0 Å². The third-order valence-electron chi connectivity index (χ3n) is 0. The number of halogens is 4. The van der Waals surface area contributed by atoms with E-state index in [0.717, 1.165) is 0 Å². The van der Waals surface area contributed by atoms with Gasteiger partial charge in [-0.05, 0) is 0 Å². The Hall–Kier alpha value is 3.66. The van der Waals surface area contributed by atoms with E-state index in [1.807, 2.05) is 0 Å². The van der Waals surface area contributed by atoms with E-state index in [1.165, 1.54) is 0 Å². The van der Waals surface area contributed by atoms with Crippen molar-refractivity contribution in [1.82, 2.24) is 0 Å². The van der Waals surface area contributed by atoms with Crippen molar-refractivity contribution in [1.29, 1.82) is 0 Å². The van der Waals surface area contributed by atoms with Gasteiger partial charge in [-0.25, -0.2) is 0 Å². The monoisotopic (exact) mass is 536 g/mol. The van der Waals surface area contributed by atoms with Crippen LogP contribution in [-0.4, -0.2) is 0 Å². The second-order valence-corrected chi connectivity index (χ2v) is 28.6. The molecule has 0 nitrogen and oxygen atoms in total. The van der Waals surface area contributed by atoms with Crippen LogP contribution in [0.1, 0.15) is 0 Å². The summed E-state index contributed by atoms with van der Waals surface area (Å²) in [5.74, 6) is 0. The molecule has 0 spiro atoms. The largest absolute Gasteiger partial charge is 1.00 e. The van der Waals surface area contributed by atoms with Crippen LogP contribution in [0, 0.1) is 0 Å². The molecule has 0 aliphatic heterocycles. The Bertz CT molecular complexity index is 12.3. The van der Waals surface area contributed by atoms with E-state index < -0.39 is 12.0 Å². The first-order valence-corrected chi connectivity index (χ1v) is 14.5. The summed E-state index contributed by atoms with van der Waals surface area (Å²) < 4.78 is 0. The van der Waals surface area contributed by atoms with Crippen LogP contribution in [0.4, 0.5) is 0 Å². The molecule has 0 aromatic carbocycles. The molecule has 0 rings (SSSR count). The van der Waals surface area contributed by atoms with Gasteiger partial charge in [-0.3, -0.25) is 0 Å². The summed E-state index contributed by atoms with van der Waals surface area (Å²) in [6.07, 6.45) is 0. The van der Waals surface area contributed by atoms with Gasteiger partial charge in [-0.1, -0.05) is 0 Å². The molecule has 40 valence electrons. The maximum absolute atomic E-state index is 3.25. The normalized spacial score (nSPS) is 7.50. The molecule has 0 aromatic rings. The van der Waals surface area contributed by atoms with Gasteiger partial charge in [0.15, 0.2) is 0 Å². The summed E-state index contributed by atoms with van der Waals surface area (Å²) in [6, 6.07) is 0. The van der Waals surface area contributed by atoms with E-state index in [9.17, 15) is 0 Å². The maximum atomic E-state index is 3.25. The van der Waals surface area contributed by atoms with Gasteiger partial charge in [0.2, 0.25) is 0 Å². The smallest absolute Gasteiger partial charge is 1.00 e. The van der Waals surface area contributed by atoms with Crippen molar-refractivity contribution in [3.8, 4) is 0 Å². The van der Waals surface area contributed by atoms with Crippen molar-refractivity contribution in [2.45, 2.75) is 0 Å². The second-order valence-electron chi connectivity index (χ2n) is 0.129. The van der Waals surface area contributed by atoms with Gasteiger partial charge >= 0.3 is 80.7 Å². The van der Waals surface area contributed by atoms with Crippen molar-refractivity contribution < 1.29 is 58.6 Å². The van der Waals surface area contributed by atoms with Gasteiger partial charge in [-0.2, -0.15) is 0 Å². The molecule has 0 heterocycles. The van der Waals surface area contributed by atoms with E-state index in [2.05, 4.69) is 39.1 Å². The predicted octanol–water partition coefficient (Wildman–Crippen LogP) is -3.46. The molecule has 0 unspecified atom stereocenters. The van der Waals surface area contributed by atoms with Gasteiger partial charge in [0.1, 0.15) is 0 Å². The molecule has 0 amide bonds. The Morgan fingerprint density at radius 3 is 1.00 bits per heavy atom. The molecule has 6 heavy (non-hydrogen) atoms. The first-order chi connectivity index (χ1) is 1.73. The minimum Gasteiger partial charge on any atom is 1.00 e. The summed E-state index contributed by atoms with van der Waals surface area (Å²) in [7, 11) is 0. The summed E-state index contributed by atoms with van der Waals surface area (Å²) in [6.45, 7) is 0. The van der Waals surface area contributed by atoms with Gasteiger partial charge in [0.05, 0.1) is 0 Å². The van der Waals surface area contributed by atoms with Crippen LogP contribution in [-0.2, 0) is 12.0 Å². The van der Waals surface area contributed by atoms with E-state index in [-0.39, 0.29) is 46.5 Å². The fourth-order valence-corrected chi connectivity index (χ4v) is 0. The number of hydrogen-bond donors (Lipinski definition) is 0. The van der Waals surface area contributed by atoms with Crippen LogP contribution in [0.5, 0.6) is 0 Å². The molecule has 6 heteroatoms. The number of hydrogen-bond acceptors (Lipinski definition) is 0. The standard InChI is InChI=1S/Au.4BrH.Na/h;4*1H;/q+3;;;;;+1/p-4. The molecule has 0 saturated heterocycles. The zero-order valence-corrected chi connectivity index (χ0v) is 13.3. The van der Waals surface area contributed by atoms with Crippen molar-refractivity contribution in [3.05, 3.63) is 0 Å². The van der Waals surface area contributed by atoms with Crippen LogP contribution in [0.25, 0.3) is 0 Å². The quantitative estimate of drug-likeness (QED) is 0.281. The van der Waals surface area contributed by atoms with Crippen molar-refractivity contribution in [3.63, 3.8) is 0 Å². The van der Waals surface area contributed by atoms with Crippen LogP contribution in [0.3, 0.4) is 0 Å². The second kappa shape index (κ2) is 11.5. The van der Waals surface area contributed by atoms with Gasteiger partial charge in [0.25, 0.3) is 0 Å². The van der Waals surface area contributed by atoms with Crippen molar-refractivity contribution in [2.75, 3.05) is 0 Å². The first-order valence-electron chi connectivity index (χ1n) is 0.342. The zero-order valence-electron chi connectivity index (χ0n) is 2.81. The first kappa shape index (κ1) is 16.3. The minimum absolute atomic E-state index is 0. The fraction of sp³-hybridized carbons (Fsp3) is 0. The average molecular weight is 540 g/mol. The molecule has 0 radical (unpaired) electrons. The predicted molar refractivity (Wildman–Crippen MR) is 26.8 cm³/mol. The van der Waals surface area contributed by atoms with Crippen LogP contribution in [0.2, 0.25) is 0 Å². The van der Waals surface area contributed by atoms with Crippen LogP contribution >= 0.6 is 39.1 Å².